The summed E-state index contributed by atoms with van der Waals surface area (Å²) in [4.78, 5) is 4.26. The minimum Gasteiger partial charge on any atom is -0.437 e. The molecule has 3 aromatic heterocycles. The highest BCUT2D eigenvalue weighted by molar-refractivity contribution is 6.09. The zero-order valence-corrected chi connectivity index (χ0v) is 24.7. The van der Waals surface area contributed by atoms with E-state index >= 15 is 0 Å². The Bertz CT molecular complexity index is 2000. The lowest BCUT2D eigenvalue weighted by Crippen LogP contribution is -2.40. The highest BCUT2D eigenvalue weighted by Crippen LogP contribution is 2.44. The summed E-state index contributed by atoms with van der Waals surface area (Å²) in [5.41, 5.74) is -0.563. The maximum atomic E-state index is 10.9. The summed E-state index contributed by atoms with van der Waals surface area (Å²) in [6.45, 7) is 6.00. The minimum absolute atomic E-state index is 0.0321. The lowest BCUT2D eigenvalue weighted by atomic mass is 9.79. The van der Waals surface area contributed by atoms with Crippen LogP contribution in [0.25, 0.3) is 44.5 Å². The van der Waals surface area contributed by atoms with Crippen LogP contribution in [0.2, 0.25) is 0 Å². The van der Waals surface area contributed by atoms with Crippen LogP contribution < -0.4 is 4.57 Å². The number of benzene rings is 2. The van der Waals surface area contributed by atoms with Crippen molar-refractivity contribution in [3.05, 3.63) is 82.7 Å². The molecule has 0 spiro atoms. The van der Waals surface area contributed by atoms with Crippen LogP contribution in [0.4, 0.5) is 0 Å². The molecule has 4 heterocycles. The van der Waals surface area contributed by atoms with E-state index < -0.39 is 40.1 Å². The molecule has 0 aliphatic carbocycles. The summed E-state index contributed by atoms with van der Waals surface area (Å²) in [5.74, 6) is -11.7. The highest BCUT2D eigenvalue weighted by atomic mass is 16.7. The van der Waals surface area contributed by atoms with Crippen molar-refractivity contribution in [1.29, 1.82) is 0 Å². The van der Waals surface area contributed by atoms with E-state index in [1.165, 1.54) is 58.2 Å². The molecular formula is C32H33N2O11+. The second kappa shape index (κ2) is 9.57. The summed E-state index contributed by atoms with van der Waals surface area (Å²) < 4.78 is 7.73. The average Bonchev–Trinajstić information content (AvgIpc) is 3.47. The van der Waals surface area contributed by atoms with Gasteiger partial charge in [0.15, 0.2) is 24.1 Å². The number of aromatic nitrogens is 2. The zero-order chi connectivity index (χ0) is 33.1. The standard InChI is InChI=1S/C32H33N2O11/c1-28(2,3)30(37,38)16-6-8-17(21(11-16)31(39,40)41)20-12-23-25-15(13-34(23)14-22(20)32(42,43)44)5-7-18-19-9-10-24(29(4,35)36)33-27(19)45-26(18)25/h5-12,14,35-44H,13H2,1-4H3/q+1. The lowest BCUT2D eigenvalue weighted by Gasteiger charge is -2.36. The summed E-state index contributed by atoms with van der Waals surface area (Å²) >= 11 is 0. The zero-order valence-electron chi connectivity index (χ0n) is 24.7. The maximum Gasteiger partial charge on any atom is 0.310 e. The van der Waals surface area contributed by atoms with Gasteiger partial charge >= 0.3 is 11.9 Å². The second-order valence-corrected chi connectivity index (χ2v) is 12.7. The van der Waals surface area contributed by atoms with E-state index in [9.17, 15) is 51.1 Å². The van der Waals surface area contributed by atoms with Gasteiger partial charge < -0.3 is 55.5 Å². The first-order valence-electron chi connectivity index (χ1n) is 13.9. The van der Waals surface area contributed by atoms with E-state index in [1.54, 1.807) is 16.7 Å². The Morgan fingerprint density at radius 3 is 1.96 bits per heavy atom. The molecule has 0 fully saturated rings. The highest BCUT2D eigenvalue weighted by Gasteiger charge is 2.43. The molecule has 0 saturated carbocycles. The molecule has 10 N–H and O–H groups in total. The number of hydrogen-bond acceptors (Lipinski definition) is 12. The van der Waals surface area contributed by atoms with E-state index in [-0.39, 0.29) is 34.6 Å². The third-order valence-electron chi connectivity index (χ3n) is 8.32. The molecule has 45 heavy (non-hydrogen) atoms. The monoisotopic (exact) mass is 621 g/mol. The van der Waals surface area contributed by atoms with Gasteiger partial charge in [-0.1, -0.05) is 39.0 Å². The molecular weight excluding hydrogens is 588 g/mol. The van der Waals surface area contributed by atoms with Gasteiger partial charge in [-0.3, -0.25) is 0 Å². The molecule has 0 amide bonds. The Kier molecular flexibility index (Phi) is 6.62. The number of furan rings is 1. The van der Waals surface area contributed by atoms with Crippen LogP contribution in [0.1, 0.15) is 55.6 Å². The summed E-state index contributed by atoms with van der Waals surface area (Å²) in [6, 6.07) is 11.6. The maximum absolute atomic E-state index is 10.9. The van der Waals surface area contributed by atoms with E-state index in [0.717, 1.165) is 11.6 Å². The van der Waals surface area contributed by atoms with Crippen molar-refractivity contribution >= 4 is 22.1 Å². The predicted molar refractivity (Wildman–Crippen MR) is 156 cm³/mol. The van der Waals surface area contributed by atoms with Gasteiger partial charge in [-0.2, -0.15) is 4.57 Å². The molecule has 13 nitrogen and oxygen atoms in total. The first-order valence-corrected chi connectivity index (χ1v) is 13.9. The first-order chi connectivity index (χ1) is 20.6. The van der Waals surface area contributed by atoms with Gasteiger partial charge in [0.2, 0.25) is 17.2 Å². The molecule has 6 rings (SSSR count). The smallest absolute Gasteiger partial charge is 0.310 e. The van der Waals surface area contributed by atoms with Gasteiger partial charge in [0, 0.05) is 44.5 Å². The van der Waals surface area contributed by atoms with Crippen molar-refractivity contribution in [2.24, 2.45) is 5.41 Å². The van der Waals surface area contributed by atoms with Crippen LogP contribution >= 0.6 is 0 Å². The Morgan fingerprint density at radius 2 is 1.36 bits per heavy atom. The SMILES string of the molecule is CC(O)(O)c1ccc2c(n1)oc1c3c(ccc12)C[n+]1cc(C(O)(O)O)c(-c2ccc(C(O)(O)C(C)(C)C)cc2C(O)(O)O)cc1-3. The second-order valence-electron chi connectivity index (χ2n) is 12.7. The summed E-state index contributed by atoms with van der Waals surface area (Å²) in [6.07, 6.45) is 1.25. The van der Waals surface area contributed by atoms with Crippen LogP contribution in [0, 0.1) is 5.41 Å². The number of nitrogens with zero attached hydrogens (tertiary/aromatic N) is 2. The largest absolute Gasteiger partial charge is 0.437 e. The van der Waals surface area contributed by atoms with Crippen LogP contribution in [-0.4, -0.2) is 56.0 Å². The number of pyridine rings is 2. The molecule has 0 bridgehead atoms. The first kappa shape index (κ1) is 31.1. The normalized spacial score (nSPS) is 14.4. The molecule has 0 saturated heterocycles. The fraction of sp³-hybridized carbons (Fsp3) is 0.312. The quantitative estimate of drug-likeness (QED) is 0.0936. The van der Waals surface area contributed by atoms with Crippen molar-refractivity contribution in [2.45, 2.75) is 57.8 Å². The van der Waals surface area contributed by atoms with Crippen molar-refractivity contribution in [1.82, 2.24) is 4.98 Å². The molecule has 1 aliphatic rings. The molecule has 0 unspecified atom stereocenters. The summed E-state index contributed by atoms with van der Waals surface area (Å²) in [7, 11) is 0. The van der Waals surface area contributed by atoms with Crippen LogP contribution in [0.15, 0.2) is 59.1 Å². The fourth-order valence-electron chi connectivity index (χ4n) is 5.76. The van der Waals surface area contributed by atoms with E-state index in [1.807, 2.05) is 6.07 Å². The molecule has 0 atom stereocenters. The van der Waals surface area contributed by atoms with Gasteiger partial charge in [0.1, 0.15) is 11.3 Å². The van der Waals surface area contributed by atoms with E-state index in [0.29, 0.717) is 27.6 Å². The Balaban J connectivity index is 1.62. The Hall–Kier alpha value is -3.86. The Labute approximate surface area is 255 Å². The number of fused-ring (bicyclic) bond motifs is 7. The third-order valence-corrected chi connectivity index (χ3v) is 8.32. The fourth-order valence-corrected chi connectivity index (χ4v) is 5.76. The minimum atomic E-state index is -3.53. The van der Waals surface area contributed by atoms with Crippen molar-refractivity contribution in [3.63, 3.8) is 0 Å². The van der Waals surface area contributed by atoms with Crippen LogP contribution in [0.5, 0.6) is 0 Å². The van der Waals surface area contributed by atoms with Crippen molar-refractivity contribution < 1.29 is 60.0 Å². The van der Waals surface area contributed by atoms with Gasteiger partial charge in [0.25, 0.3) is 0 Å². The van der Waals surface area contributed by atoms with Gasteiger partial charge in [0.05, 0.1) is 5.56 Å². The van der Waals surface area contributed by atoms with Crippen LogP contribution in [-0.2, 0) is 30.1 Å². The molecule has 0 radical (unpaired) electrons. The van der Waals surface area contributed by atoms with Gasteiger partial charge in [-0.25, -0.2) is 4.98 Å². The number of rotatable bonds is 5. The molecule has 236 valence electrons. The van der Waals surface area contributed by atoms with E-state index in [2.05, 4.69) is 4.98 Å². The van der Waals surface area contributed by atoms with E-state index in [4.69, 9.17) is 4.42 Å². The average molecular weight is 622 g/mol. The molecule has 1 aliphatic heterocycles. The topological polar surface area (TPSA) is 232 Å². The van der Waals surface area contributed by atoms with Crippen LogP contribution in [0.3, 0.4) is 0 Å². The molecule has 5 aromatic rings. The molecule has 13 heteroatoms. The van der Waals surface area contributed by atoms with Gasteiger partial charge in [-0.15, -0.1) is 0 Å². The van der Waals surface area contributed by atoms with Crippen molar-refractivity contribution in [2.75, 3.05) is 0 Å². The number of aliphatic hydroxyl groups is 10. The predicted octanol–water partition coefficient (Wildman–Crippen LogP) is 0.479. The Morgan fingerprint density at radius 1 is 0.711 bits per heavy atom. The lowest BCUT2D eigenvalue weighted by molar-refractivity contribution is -0.673. The van der Waals surface area contributed by atoms with Gasteiger partial charge in [-0.05, 0) is 36.8 Å². The molecule has 2 aromatic carbocycles. The summed E-state index contributed by atoms with van der Waals surface area (Å²) in [5, 5.41) is 105. The van der Waals surface area contributed by atoms with Crippen molar-refractivity contribution in [3.8, 4) is 22.4 Å². The third kappa shape index (κ3) is 4.99. The number of hydrogen-bond donors (Lipinski definition) is 10.